The molecule has 1 unspecified atom stereocenters. The number of hydrogen-bond acceptors (Lipinski definition) is 6. The number of nitrogens with one attached hydrogen (secondary N) is 3. The first-order valence-corrected chi connectivity index (χ1v) is 16.4. The Morgan fingerprint density at radius 3 is 2.37 bits per heavy atom. The van der Waals surface area contributed by atoms with Gasteiger partial charge in [-0.3, -0.25) is 19.8 Å². The largest absolute Gasteiger partial charge is 0.353 e. The number of carbonyl (C=O) groups excluding carboxylic acids is 2. The minimum absolute atomic E-state index is 0.0104. The molecule has 212 valence electrons. The molecule has 1 aromatic carbocycles. The van der Waals surface area contributed by atoms with Crippen LogP contribution in [0.1, 0.15) is 84.6 Å². The molecule has 2 atom stereocenters. The van der Waals surface area contributed by atoms with Crippen LogP contribution in [0, 0.1) is 5.92 Å². The summed E-state index contributed by atoms with van der Waals surface area (Å²) in [4.78, 5) is 28.9. The molecule has 3 fully saturated rings. The third-order valence-corrected chi connectivity index (χ3v) is 10.8. The fraction of sp³-hybridized carbons (Fsp3) is 0.733. The molecule has 2 aliphatic heterocycles. The SMILES string of the molecule is CC1(C)N[C@H](C(=O)NC(CC(=O)NC2CCN(Cc3ccccc3)CC2)SCC2CCCCC2)C(C)(C)S1. The van der Waals surface area contributed by atoms with Gasteiger partial charge in [0.1, 0.15) is 6.04 Å². The Bertz CT molecular complexity index is 912. The Kier molecular flexibility index (Phi) is 10.5. The molecular formula is C30H48N4O2S2. The van der Waals surface area contributed by atoms with Gasteiger partial charge in [0.15, 0.2) is 0 Å². The molecule has 1 saturated carbocycles. The summed E-state index contributed by atoms with van der Waals surface area (Å²) in [5, 5.41) is 9.88. The lowest BCUT2D eigenvalue weighted by molar-refractivity contribution is -0.124. The number of hydrogen-bond donors (Lipinski definition) is 3. The van der Waals surface area contributed by atoms with Crippen molar-refractivity contribution in [2.24, 2.45) is 5.92 Å². The predicted octanol–water partition coefficient (Wildman–Crippen LogP) is 5.13. The molecule has 2 saturated heterocycles. The minimum Gasteiger partial charge on any atom is -0.353 e. The van der Waals surface area contributed by atoms with Gasteiger partial charge < -0.3 is 10.6 Å². The second-order valence-corrected chi connectivity index (χ2v) is 15.9. The van der Waals surface area contributed by atoms with Crippen molar-refractivity contribution in [1.29, 1.82) is 0 Å². The summed E-state index contributed by atoms with van der Waals surface area (Å²) in [6.45, 7) is 11.5. The van der Waals surface area contributed by atoms with E-state index in [1.54, 1.807) is 23.5 Å². The molecule has 1 aromatic rings. The fourth-order valence-corrected chi connectivity index (χ4v) is 9.26. The summed E-state index contributed by atoms with van der Waals surface area (Å²) in [6.07, 6.45) is 8.75. The van der Waals surface area contributed by atoms with Crippen molar-refractivity contribution in [3.8, 4) is 0 Å². The highest BCUT2D eigenvalue weighted by molar-refractivity contribution is 8.02. The molecule has 2 amide bonds. The van der Waals surface area contributed by atoms with Crippen LogP contribution in [0.25, 0.3) is 0 Å². The highest BCUT2D eigenvalue weighted by atomic mass is 32.2. The van der Waals surface area contributed by atoms with E-state index in [0.29, 0.717) is 12.3 Å². The van der Waals surface area contributed by atoms with Crippen LogP contribution in [0.2, 0.25) is 0 Å². The van der Waals surface area contributed by atoms with E-state index in [-0.39, 0.29) is 38.9 Å². The number of likely N-dealkylation sites (tertiary alicyclic amines) is 1. The minimum atomic E-state index is -0.280. The summed E-state index contributed by atoms with van der Waals surface area (Å²) in [5.41, 5.74) is 1.34. The maximum atomic E-state index is 13.4. The van der Waals surface area contributed by atoms with E-state index < -0.39 is 0 Å². The van der Waals surface area contributed by atoms with Crippen LogP contribution in [0.4, 0.5) is 0 Å². The first kappa shape index (κ1) is 29.8. The molecule has 0 aromatic heterocycles. The summed E-state index contributed by atoms with van der Waals surface area (Å²) >= 11 is 3.57. The highest BCUT2D eigenvalue weighted by Crippen LogP contribution is 2.44. The van der Waals surface area contributed by atoms with Gasteiger partial charge in [0.2, 0.25) is 11.8 Å². The third kappa shape index (κ3) is 8.90. The first-order valence-electron chi connectivity index (χ1n) is 14.6. The van der Waals surface area contributed by atoms with E-state index in [1.165, 1.54) is 37.7 Å². The normalized spacial score (nSPS) is 25.1. The van der Waals surface area contributed by atoms with Gasteiger partial charge >= 0.3 is 0 Å². The Balaban J connectivity index is 1.29. The number of piperidine rings is 1. The number of carbonyl (C=O) groups is 2. The molecule has 3 aliphatic rings. The smallest absolute Gasteiger partial charge is 0.239 e. The highest BCUT2D eigenvalue weighted by Gasteiger charge is 2.48. The van der Waals surface area contributed by atoms with E-state index in [1.807, 2.05) is 0 Å². The molecule has 0 bridgehead atoms. The molecule has 1 aliphatic carbocycles. The first-order chi connectivity index (χ1) is 18.1. The lowest BCUT2D eigenvalue weighted by atomic mass is 9.91. The van der Waals surface area contributed by atoms with E-state index in [4.69, 9.17) is 0 Å². The third-order valence-electron chi connectivity index (χ3n) is 8.10. The summed E-state index contributed by atoms with van der Waals surface area (Å²) in [7, 11) is 0. The van der Waals surface area contributed by atoms with Crippen LogP contribution >= 0.6 is 23.5 Å². The Hall–Kier alpha value is -1.22. The average Bonchev–Trinajstić information content (AvgIpc) is 3.11. The number of benzene rings is 1. The Labute approximate surface area is 238 Å². The maximum absolute atomic E-state index is 13.4. The zero-order valence-electron chi connectivity index (χ0n) is 23.8. The van der Waals surface area contributed by atoms with Gasteiger partial charge in [0.05, 0.1) is 16.7 Å². The molecular weight excluding hydrogens is 512 g/mol. The Morgan fingerprint density at radius 1 is 1.05 bits per heavy atom. The zero-order valence-corrected chi connectivity index (χ0v) is 25.4. The van der Waals surface area contributed by atoms with Crippen molar-refractivity contribution >= 4 is 35.3 Å². The van der Waals surface area contributed by atoms with Crippen molar-refractivity contribution in [1.82, 2.24) is 20.9 Å². The van der Waals surface area contributed by atoms with Gasteiger partial charge in [-0.15, -0.1) is 23.5 Å². The van der Waals surface area contributed by atoms with Crippen molar-refractivity contribution in [3.63, 3.8) is 0 Å². The van der Waals surface area contributed by atoms with Crippen molar-refractivity contribution in [2.45, 2.75) is 113 Å². The lowest BCUT2D eigenvalue weighted by Gasteiger charge is -2.33. The van der Waals surface area contributed by atoms with Gasteiger partial charge in [-0.2, -0.15) is 0 Å². The van der Waals surface area contributed by atoms with E-state index >= 15 is 0 Å². The molecule has 3 N–H and O–H groups in total. The van der Waals surface area contributed by atoms with Crippen LogP contribution < -0.4 is 16.0 Å². The van der Waals surface area contributed by atoms with Crippen molar-refractivity contribution in [2.75, 3.05) is 18.8 Å². The summed E-state index contributed by atoms with van der Waals surface area (Å²) in [5.74, 6) is 1.77. The zero-order chi connectivity index (χ0) is 27.2. The monoisotopic (exact) mass is 560 g/mol. The van der Waals surface area contributed by atoms with Crippen molar-refractivity contribution < 1.29 is 9.59 Å². The van der Waals surface area contributed by atoms with Crippen LogP contribution in [0.5, 0.6) is 0 Å². The molecule has 38 heavy (non-hydrogen) atoms. The van der Waals surface area contributed by atoms with Crippen LogP contribution in [0.3, 0.4) is 0 Å². The fourth-order valence-electron chi connectivity index (χ4n) is 6.18. The molecule has 8 heteroatoms. The van der Waals surface area contributed by atoms with Gasteiger partial charge in [0.25, 0.3) is 0 Å². The lowest BCUT2D eigenvalue weighted by Crippen LogP contribution is -2.54. The molecule has 6 nitrogen and oxygen atoms in total. The van der Waals surface area contributed by atoms with Crippen LogP contribution in [0.15, 0.2) is 30.3 Å². The van der Waals surface area contributed by atoms with E-state index in [9.17, 15) is 9.59 Å². The maximum Gasteiger partial charge on any atom is 0.239 e. The van der Waals surface area contributed by atoms with E-state index in [2.05, 4.69) is 78.9 Å². The van der Waals surface area contributed by atoms with Gasteiger partial charge in [-0.25, -0.2) is 0 Å². The standard InChI is InChI=1S/C30H48N4O2S2/c1-29(2)27(33-30(3,4)38-29)28(36)32-26(37-21-23-13-9-6-10-14-23)19-25(35)31-24-15-17-34(18-16-24)20-22-11-7-5-8-12-22/h5,7-8,11-12,23-24,26-27,33H,6,9-10,13-21H2,1-4H3,(H,31,35)(H,32,36)/t26?,27-/m1/s1. The van der Waals surface area contributed by atoms with Gasteiger partial charge in [0, 0.05) is 30.4 Å². The second kappa shape index (κ2) is 13.4. The topological polar surface area (TPSA) is 73.5 Å². The van der Waals surface area contributed by atoms with Crippen LogP contribution in [-0.4, -0.2) is 62.6 Å². The number of nitrogens with zero attached hydrogens (tertiary/aromatic N) is 1. The quantitative estimate of drug-likeness (QED) is 0.345. The molecule has 0 spiro atoms. The van der Waals surface area contributed by atoms with E-state index in [0.717, 1.165) is 38.2 Å². The summed E-state index contributed by atoms with van der Waals surface area (Å²) < 4.78 is -0.206. The number of thioether (sulfide) groups is 2. The van der Waals surface area contributed by atoms with Crippen molar-refractivity contribution in [3.05, 3.63) is 35.9 Å². The molecule has 2 heterocycles. The summed E-state index contributed by atoms with van der Waals surface area (Å²) in [6, 6.07) is 10.5. The van der Waals surface area contributed by atoms with Gasteiger partial charge in [-0.05, 0) is 70.6 Å². The predicted molar refractivity (Wildman–Crippen MR) is 161 cm³/mol. The molecule has 0 radical (unpaired) electrons. The molecule has 4 rings (SSSR count). The van der Waals surface area contributed by atoms with Gasteiger partial charge in [-0.1, -0.05) is 49.6 Å². The average molecular weight is 561 g/mol. The number of amides is 2. The Morgan fingerprint density at radius 2 is 1.74 bits per heavy atom. The van der Waals surface area contributed by atoms with Crippen LogP contribution in [-0.2, 0) is 16.1 Å². The second-order valence-electron chi connectivity index (χ2n) is 12.4. The number of rotatable bonds is 10.